The number of hydrogen-bond acceptors (Lipinski definition) is 2. The average molecular weight is 361 g/mol. The number of unbranched alkanes of at least 4 members (excludes halogenated alkanes) is 9. The predicted octanol–water partition coefficient (Wildman–Crippen LogP) is 6.60. The number of carbonyl (C=O) groups is 1. The number of pyridine rings is 1. The number of nitrogens with one attached hydrogen (secondary N) is 1. The van der Waals surface area contributed by atoms with Crippen LogP contribution in [0.25, 0.3) is 0 Å². The number of rotatable bonds is 15. The first-order valence-electron chi connectivity index (χ1n) is 10.9. The third-order valence-electron chi connectivity index (χ3n) is 5.26. The van der Waals surface area contributed by atoms with Gasteiger partial charge in [-0.1, -0.05) is 84.1 Å². The zero-order valence-electron chi connectivity index (χ0n) is 17.3. The highest BCUT2D eigenvalue weighted by atomic mass is 16.1. The Kier molecular flexibility index (Phi) is 12.9. The van der Waals surface area contributed by atoms with E-state index in [-0.39, 0.29) is 17.9 Å². The van der Waals surface area contributed by atoms with Gasteiger partial charge in [0, 0.05) is 12.1 Å². The van der Waals surface area contributed by atoms with Crippen LogP contribution in [-0.4, -0.2) is 10.9 Å². The summed E-state index contributed by atoms with van der Waals surface area (Å²) in [6.45, 7) is 6.39. The van der Waals surface area contributed by atoms with Crippen molar-refractivity contribution >= 4 is 5.91 Å². The van der Waals surface area contributed by atoms with Crippen molar-refractivity contribution in [3.63, 3.8) is 0 Å². The molecule has 3 heteroatoms. The van der Waals surface area contributed by atoms with Crippen LogP contribution in [0.4, 0.5) is 0 Å². The lowest BCUT2D eigenvalue weighted by Gasteiger charge is -2.19. The summed E-state index contributed by atoms with van der Waals surface area (Å²) in [5.74, 6) is 0.316. The summed E-state index contributed by atoms with van der Waals surface area (Å²) in [6, 6.07) is 5.81. The monoisotopic (exact) mass is 360 g/mol. The molecule has 0 bridgehead atoms. The Balaban J connectivity index is 2.13. The number of amides is 1. The molecule has 3 nitrogen and oxygen atoms in total. The van der Waals surface area contributed by atoms with E-state index >= 15 is 0 Å². The SMILES string of the molecule is CCCCCCCCCCCCC(CC)C(=O)NC(C)c1ccccn1. The fourth-order valence-corrected chi connectivity index (χ4v) is 3.44. The summed E-state index contributed by atoms with van der Waals surface area (Å²) in [5.41, 5.74) is 0.926. The second-order valence-electron chi connectivity index (χ2n) is 7.56. The van der Waals surface area contributed by atoms with Gasteiger partial charge in [0.2, 0.25) is 5.91 Å². The maximum Gasteiger partial charge on any atom is 0.223 e. The van der Waals surface area contributed by atoms with Crippen molar-refractivity contribution in [2.24, 2.45) is 5.92 Å². The molecule has 1 heterocycles. The van der Waals surface area contributed by atoms with Gasteiger partial charge in [-0.2, -0.15) is 0 Å². The van der Waals surface area contributed by atoms with Gasteiger partial charge in [-0.25, -0.2) is 0 Å². The molecule has 0 aliphatic carbocycles. The summed E-state index contributed by atoms with van der Waals surface area (Å²) in [7, 11) is 0. The van der Waals surface area contributed by atoms with Gasteiger partial charge >= 0.3 is 0 Å². The van der Waals surface area contributed by atoms with Gasteiger partial charge in [-0.15, -0.1) is 0 Å². The molecule has 0 saturated carbocycles. The zero-order chi connectivity index (χ0) is 19.0. The van der Waals surface area contributed by atoms with Crippen LogP contribution < -0.4 is 5.32 Å². The van der Waals surface area contributed by atoms with Crippen LogP contribution >= 0.6 is 0 Å². The maximum atomic E-state index is 12.5. The lowest BCUT2D eigenvalue weighted by Crippen LogP contribution is -2.33. The van der Waals surface area contributed by atoms with E-state index in [9.17, 15) is 4.79 Å². The molecule has 0 saturated heterocycles. The predicted molar refractivity (Wildman–Crippen MR) is 111 cm³/mol. The maximum absolute atomic E-state index is 12.5. The Hall–Kier alpha value is -1.38. The highest BCUT2D eigenvalue weighted by Crippen LogP contribution is 2.18. The molecular weight excluding hydrogens is 320 g/mol. The Labute approximate surface area is 161 Å². The Morgan fingerprint density at radius 3 is 2.12 bits per heavy atom. The fourth-order valence-electron chi connectivity index (χ4n) is 3.44. The highest BCUT2D eigenvalue weighted by Gasteiger charge is 2.18. The van der Waals surface area contributed by atoms with Gasteiger partial charge in [0.25, 0.3) is 0 Å². The smallest absolute Gasteiger partial charge is 0.223 e. The molecule has 0 fully saturated rings. The molecule has 148 valence electrons. The normalized spacial score (nSPS) is 13.3. The van der Waals surface area contributed by atoms with E-state index in [0.717, 1.165) is 18.5 Å². The number of hydrogen-bond donors (Lipinski definition) is 1. The standard InChI is InChI=1S/C23H40N2O/c1-4-6-7-8-9-10-11-12-13-14-17-21(5-2)23(26)25-20(3)22-18-15-16-19-24-22/h15-16,18-21H,4-14,17H2,1-3H3,(H,25,26). The van der Waals surface area contributed by atoms with Crippen LogP contribution in [0.2, 0.25) is 0 Å². The Morgan fingerprint density at radius 1 is 0.962 bits per heavy atom. The Morgan fingerprint density at radius 2 is 1.58 bits per heavy atom. The summed E-state index contributed by atoms with van der Waals surface area (Å²) in [6.07, 6.45) is 17.1. The van der Waals surface area contributed by atoms with E-state index < -0.39 is 0 Å². The number of carbonyl (C=O) groups excluding carboxylic acids is 1. The van der Waals surface area contributed by atoms with Gasteiger partial charge in [0.05, 0.1) is 11.7 Å². The third kappa shape index (κ3) is 9.94. The van der Waals surface area contributed by atoms with Crippen LogP contribution in [0, 0.1) is 5.92 Å². The summed E-state index contributed by atoms with van der Waals surface area (Å²) in [5, 5.41) is 3.13. The van der Waals surface area contributed by atoms with Crippen molar-refractivity contribution in [1.82, 2.24) is 10.3 Å². The summed E-state index contributed by atoms with van der Waals surface area (Å²) in [4.78, 5) is 16.8. The van der Waals surface area contributed by atoms with Crippen LogP contribution in [0.3, 0.4) is 0 Å². The second kappa shape index (κ2) is 14.8. The molecule has 2 atom stereocenters. The molecule has 1 rings (SSSR count). The molecule has 0 aliphatic rings. The van der Waals surface area contributed by atoms with E-state index in [1.54, 1.807) is 6.20 Å². The van der Waals surface area contributed by atoms with Crippen LogP contribution in [0.1, 0.15) is 110 Å². The lowest BCUT2D eigenvalue weighted by molar-refractivity contribution is -0.126. The molecule has 1 N–H and O–H groups in total. The first-order valence-corrected chi connectivity index (χ1v) is 10.9. The van der Waals surface area contributed by atoms with E-state index in [1.165, 1.54) is 64.2 Å². The topological polar surface area (TPSA) is 42.0 Å². The average Bonchev–Trinajstić information content (AvgIpc) is 2.66. The number of aromatic nitrogens is 1. The minimum Gasteiger partial charge on any atom is -0.348 e. The molecule has 1 amide bonds. The molecule has 0 aromatic carbocycles. The fraction of sp³-hybridized carbons (Fsp3) is 0.739. The lowest BCUT2D eigenvalue weighted by atomic mass is 9.96. The minimum absolute atomic E-state index is 0.0227. The van der Waals surface area contributed by atoms with Crippen LogP contribution in [0.5, 0.6) is 0 Å². The molecule has 0 aliphatic heterocycles. The molecular formula is C23H40N2O. The van der Waals surface area contributed by atoms with E-state index in [2.05, 4.69) is 24.1 Å². The van der Waals surface area contributed by atoms with Gasteiger partial charge in [-0.3, -0.25) is 9.78 Å². The van der Waals surface area contributed by atoms with Crippen LogP contribution in [0.15, 0.2) is 24.4 Å². The van der Waals surface area contributed by atoms with Crippen molar-refractivity contribution in [2.75, 3.05) is 0 Å². The Bertz CT molecular complexity index is 461. The molecule has 0 spiro atoms. The van der Waals surface area contributed by atoms with Gasteiger partial charge in [0.1, 0.15) is 0 Å². The van der Waals surface area contributed by atoms with Gasteiger partial charge < -0.3 is 5.32 Å². The molecule has 2 unspecified atom stereocenters. The molecule has 1 aromatic rings. The summed E-state index contributed by atoms with van der Waals surface area (Å²) < 4.78 is 0. The first kappa shape index (κ1) is 22.7. The van der Waals surface area contributed by atoms with Crippen molar-refractivity contribution < 1.29 is 4.79 Å². The quantitative estimate of drug-likeness (QED) is 0.358. The number of nitrogens with zero attached hydrogens (tertiary/aromatic N) is 1. The van der Waals surface area contributed by atoms with Crippen molar-refractivity contribution in [1.29, 1.82) is 0 Å². The molecule has 0 radical (unpaired) electrons. The largest absolute Gasteiger partial charge is 0.348 e. The van der Waals surface area contributed by atoms with Crippen LogP contribution in [-0.2, 0) is 4.79 Å². The third-order valence-corrected chi connectivity index (χ3v) is 5.26. The molecule has 26 heavy (non-hydrogen) atoms. The van der Waals surface area contributed by atoms with Crippen molar-refractivity contribution in [3.8, 4) is 0 Å². The van der Waals surface area contributed by atoms with Gasteiger partial charge in [-0.05, 0) is 31.9 Å². The van der Waals surface area contributed by atoms with E-state index in [0.29, 0.717) is 0 Å². The zero-order valence-corrected chi connectivity index (χ0v) is 17.3. The minimum atomic E-state index is -0.0227. The van der Waals surface area contributed by atoms with Crippen molar-refractivity contribution in [3.05, 3.63) is 30.1 Å². The summed E-state index contributed by atoms with van der Waals surface area (Å²) >= 11 is 0. The second-order valence-corrected chi connectivity index (χ2v) is 7.56. The van der Waals surface area contributed by atoms with E-state index in [4.69, 9.17) is 0 Å². The van der Waals surface area contributed by atoms with Crippen molar-refractivity contribution in [2.45, 2.75) is 104 Å². The highest BCUT2D eigenvalue weighted by molar-refractivity contribution is 5.78. The molecule has 1 aromatic heterocycles. The van der Waals surface area contributed by atoms with E-state index in [1.807, 2.05) is 25.1 Å². The van der Waals surface area contributed by atoms with Gasteiger partial charge in [0.15, 0.2) is 0 Å². The first-order chi connectivity index (χ1) is 12.7.